The van der Waals surface area contributed by atoms with Gasteiger partial charge in [-0.1, -0.05) is 43.3 Å². The number of piperidine rings is 1. The third-order valence-electron chi connectivity index (χ3n) is 3.99. The van der Waals surface area contributed by atoms with Crippen molar-refractivity contribution >= 4 is 20.8 Å². The van der Waals surface area contributed by atoms with Crippen LogP contribution in [0.4, 0.5) is 0 Å². The monoisotopic (exact) mass is 289 g/mol. The molecule has 0 radical (unpaired) electrons. The Balaban J connectivity index is 2.09. The first-order valence-corrected chi connectivity index (χ1v) is 8.51. The minimum absolute atomic E-state index is 0.435. The highest BCUT2D eigenvalue weighted by Gasteiger charge is 2.29. The van der Waals surface area contributed by atoms with Crippen molar-refractivity contribution in [1.29, 1.82) is 0 Å². The van der Waals surface area contributed by atoms with Crippen LogP contribution in [0, 0.1) is 5.92 Å². The van der Waals surface area contributed by atoms with Crippen LogP contribution in [-0.2, 0) is 10.0 Å². The van der Waals surface area contributed by atoms with Gasteiger partial charge in [0.05, 0.1) is 4.90 Å². The number of hydrogen-bond donors (Lipinski definition) is 0. The van der Waals surface area contributed by atoms with E-state index in [1.54, 1.807) is 10.4 Å². The molecule has 0 amide bonds. The summed E-state index contributed by atoms with van der Waals surface area (Å²) in [4.78, 5) is 0.435. The zero-order chi connectivity index (χ0) is 14.2. The maximum atomic E-state index is 12.9. The van der Waals surface area contributed by atoms with E-state index in [1.807, 2.05) is 36.4 Å². The summed E-state index contributed by atoms with van der Waals surface area (Å²) in [6.07, 6.45) is 2.06. The Morgan fingerprint density at radius 1 is 1.10 bits per heavy atom. The molecule has 1 heterocycles. The lowest BCUT2D eigenvalue weighted by molar-refractivity contribution is 0.281. The highest BCUT2D eigenvalue weighted by atomic mass is 32.2. The lowest BCUT2D eigenvalue weighted by atomic mass is 10.0. The fraction of sp³-hybridized carbons (Fsp3) is 0.375. The molecule has 0 saturated carbocycles. The van der Waals surface area contributed by atoms with Crippen LogP contribution < -0.4 is 0 Å². The van der Waals surface area contributed by atoms with Crippen molar-refractivity contribution in [2.24, 2.45) is 5.92 Å². The summed E-state index contributed by atoms with van der Waals surface area (Å²) in [5, 5.41) is 1.78. The zero-order valence-electron chi connectivity index (χ0n) is 11.6. The van der Waals surface area contributed by atoms with Crippen molar-refractivity contribution in [2.75, 3.05) is 13.1 Å². The first kappa shape index (κ1) is 13.6. The van der Waals surface area contributed by atoms with Crippen LogP contribution in [0.1, 0.15) is 19.8 Å². The molecular weight excluding hydrogens is 270 g/mol. The lowest BCUT2D eigenvalue weighted by Gasteiger charge is -2.30. The summed E-state index contributed by atoms with van der Waals surface area (Å²) in [7, 11) is -3.39. The fourth-order valence-corrected chi connectivity index (χ4v) is 4.74. The Bertz CT molecular complexity index is 719. The summed E-state index contributed by atoms with van der Waals surface area (Å²) < 4.78 is 27.4. The topological polar surface area (TPSA) is 37.4 Å². The van der Waals surface area contributed by atoms with E-state index in [-0.39, 0.29) is 0 Å². The van der Waals surface area contributed by atoms with Crippen molar-refractivity contribution < 1.29 is 8.42 Å². The van der Waals surface area contributed by atoms with Crippen molar-refractivity contribution in [3.05, 3.63) is 42.5 Å². The summed E-state index contributed by atoms with van der Waals surface area (Å²) >= 11 is 0. The van der Waals surface area contributed by atoms with Crippen LogP contribution in [0.25, 0.3) is 10.8 Å². The van der Waals surface area contributed by atoms with Gasteiger partial charge in [-0.15, -0.1) is 0 Å². The molecule has 0 bridgehead atoms. The first-order chi connectivity index (χ1) is 9.59. The van der Waals surface area contributed by atoms with Crippen LogP contribution in [-0.4, -0.2) is 25.8 Å². The lowest BCUT2D eigenvalue weighted by Crippen LogP contribution is -2.39. The molecule has 3 nitrogen and oxygen atoms in total. The van der Waals surface area contributed by atoms with Crippen LogP contribution >= 0.6 is 0 Å². The quantitative estimate of drug-likeness (QED) is 0.851. The van der Waals surface area contributed by atoms with E-state index >= 15 is 0 Å². The molecule has 1 aliphatic rings. The molecule has 0 aliphatic carbocycles. The van der Waals surface area contributed by atoms with Crippen molar-refractivity contribution in [1.82, 2.24) is 4.31 Å². The third kappa shape index (κ3) is 2.34. The van der Waals surface area contributed by atoms with Crippen LogP contribution in [0.2, 0.25) is 0 Å². The molecule has 4 heteroatoms. The van der Waals surface area contributed by atoms with Gasteiger partial charge in [0.15, 0.2) is 0 Å². The minimum atomic E-state index is -3.39. The van der Waals surface area contributed by atoms with Crippen LogP contribution in [0.15, 0.2) is 47.4 Å². The molecule has 0 aromatic heterocycles. The predicted molar refractivity (Wildman–Crippen MR) is 81.1 cm³/mol. The van der Waals surface area contributed by atoms with Gasteiger partial charge in [0.1, 0.15) is 0 Å². The number of benzene rings is 2. The molecule has 2 aromatic rings. The van der Waals surface area contributed by atoms with E-state index in [9.17, 15) is 8.42 Å². The number of nitrogens with zero attached hydrogens (tertiary/aromatic N) is 1. The molecule has 1 aliphatic heterocycles. The molecule has 1 unspecified atom stereocenters. The first-order valence-electron chi connectivity index (χ1n) is 7.07. The second-order valence-electron chi connectivity index (χ2n) is 5.59. The summed E-state index contributed by atoms with van der Waals surface area (Å²) in [6, 6.07) is 13.2. The molecule has 0 N–H and O–H groups in total. The molecule has 106 valence electrons. The SMILES string of the molecule is CC1CCCN(S(=O)(=O)c2cccc3ccccc23)C1. The van der Waals surface area contributed by atoms with E-state index in [0.29, 0.717) is 23.9 Å². The average molecular weight is 289 g/mol. The second kappa shape index (κ2) is 5.19. The Morgan fingerprint density at radius 2 is 1.85 bits per heavy atom. The molecule has 1 fully saturated rings. The van der Waals surface area contributed by atoms with Crippen molar-refractivity contribution in [3.63, 3.8) is 0 Å². The minimum Gasteiger partial charge on any atom is -0.207 e. The third-order valence-corrected chi connectivity index (χ3v) is 5.91. The van der Waals surface area contributed by atoms with E-state index < -0.39 is 10.0 Å². The summed E-state index contributed by atoms with van der Waals surface area (Å²) in [5.74, 6) is 0.438. The van der Waals surface area contributed by atoms with E-state index in [1.165, 1.54) is 0 Å². The van der Waals surface area contributed by atoms with Gasteiger partial charge in [0.2, 0.25) is 10.0 Å². The van der Waals surface area contributed by atoms with Gasteiger partial charge in [-0.3, -0.25) is 0 Å². The van der Waals surface area contributed by atoms with Gasteiger partial charge < -0.3 is 0 Å². The van der Waals surface area contributed by atoms with Gasteiger partial charge in [-0.25, -0.2) is 8.42 Å². The standard InChI is InChI=1S/C16H19NO2S/c1-13-6-5-11-17(12-13)20(18,19)16-10-4-8-14-7-2-3-9-15(14)16/h2-4,7-10,13H,5-6,11-12H2,1H3. The maximum absolute atomic E-state index is 12.9. The Labute approximate surface area is 120 Å². The van der Waals surface area contributed by atoms with Gasteiger partial charge in [0.25, 0.3) is 0 Å². The van der Waals surface area contributed by atoms with Gasteiger partial charge in [-0.2, -0.15) is 4.31 Å². The number of sulfonamides is 1. The summed E-state index contributed by atoms with van der Waals surface area (Å²) in [5.41, 5.74) is 0. The number of rotatable bonds is 2. The molecule has 1 saturated heterocycles. The van der Waals surface area contributed by atoms with E-state index in [2.05, 4.69) is 6.92 Å². The van der Waals surface area contributed by atoms with Crippen molar-refractivity contribution in [2.45, 2.75) is 24.7 Å². The van der Waals surface area contributed by atoms with Gasteiger partial charge >= 0.3 is 0 Å². The molecule has 1 atom stereocenters. The maximum Gasteiger partial charge on any atom is 0.243 e. The highest BCUT2D eigenvalue weighted by Crippen LogP contribution is 2.28. The van der Waals surface area contributed by atoms with Crippen molar-refractivity contribution in [3.8, 4) is 0 Å². The largest absolute Gasteiger partial charge is 0.243 e. The number of hydrogen-bond acceptors (Lipinski definition) is 2. The summed E-state index contributed by atoms with van der Waals surface area (Å²) in [6.45, 7) is 3.38. The van der Waals surface area contributed by atoms with E-state index in [0.717, 1.165) is 23.6 Å². The Morgan fingerprint density at radius 3 is 2.65 bits per heavy atom. The molecule has 0 spiro atoms. The normalized spacial score (nSPS) is 21.1. The molecule has 2 aromatic carbocycles. The Kier molecular flexibility index (Phi) is 3.52. The zero-order valence-corrected chi connectivity index (χ0v) is 12.4. The smallest absolute Gasteiger partial charge is 0.207 e. The van der Waals surface area contributed by atoms with Gasteiger partial charge in [0, 0.05) is 18.5 Å². The second-order valence-corrected chi connectivity index (χ2v) is 7.49. The predicted octanol–water partition coefficient (Wildman–Crippen LogP) is 3.26. The molecule has 20 heavy (non-hydrogen) atoms. The molecular formula is C16H19NO2S. The van der Waals surface area contributed by atoms with Crippen LogP contribution in [0.5, 0.6) is 0 Å². The fourth-order valence-electron chi connectivity index (χ4n) is 2.92. The Hall–Kier alpha value is -1.39. The highest BCUT2D eigenvalue weighted by molar-refractivity contribution is 7.89. The average Bonchev–Trinajstić information content (AvgIpc) is 2.46. The van der Waals surface area contributed by atoms with Crippen LogP contribution in [0.3, 0.4) is 0 Å². The number of fused-ring (bicyclic) bond motifs is 1. The molecule has 3 rings (SSSR count). The van der Waals surface area contributed by atoms with Gasteiger partial charge in [-0.05, 0) is 30.2 Å². The van der Waals surface area contributed by atoms with E-state index in [4.69, 9.17) is 0 Å².